The minimum Gasteiger partial charge on any atom is -0.469 e. The van der Waals surface area contributed by atoms with Crippen molar-refractivity contribution in [2.24, 2.45) is 11.1 Å². The molecule has 1 aliphatic carbocycles. The summed E-state index contributed by atoms with van der Waals surface area (Å²) in [6.07, 6.45) is 2.52. The molecule has 0 aromatic heterocycles. The number of carbonyl (C=O) groups is 2. The molecule has 0 saturated heterocycles. The summed E-state index contributed by atoms with van der Waals surface area (Å²) < 4.78 is 4.46. The molecular formula is C10H16N2O3S. The molecule has 1 saturated carbocycles. The maximum atomic E-state index is 11.8. The molecule has 90 valence electrons. The summed E-state index contributed by atoms with van der Waals surface area (Å²) >= 11 is 4.91. The predicted octanol–water partition coefficient (Wildman–Crippen LogP) is 0.122. The third kappa shape index (κ3) is 2.49. The van der Waals surface area contributed by atoms with Crippen LogP contribution in [-0.2, 0) is 14.3 Å². The molecule has 0 heterocycles. The molecule has 0 aromatic rings. The molecule has 6 heteroatoms. The van der Waals surface area contributed by atoms with Crippen molar-refractivity contribution >= 4 is 29.1 Å². The normalized spacial score (nSPS) is 17.1. The Bertz CT molecular complexity index is 313. The predicted molar refractivity (Wildman–Crippen MR) is 62.7 cm³/mol. The van der Waals surface area contributed by atoms with Crippen LogP contribution >= 0.6 is 12.2 Å². The fraction of sp³-hybridized carbons (Fsp3) is 0.700. The van der Waals surface area contributed by atoms with Crippen LogP contribution in [0.2, 0.25) is 0 Å². The third-order valence-electron chi connectivity index (χ3n) is 2.96. The number of hydrogen-bond acceptors (Lipinski definition) is 4. The van der Waals surface area contributed by atoms with E-state index in [1.54, 1.807) is 0 Å². The van der Waals surface area contributed by atoms with Crippen LogP contribution < -0.4 is 11.1 Å². The third-order valence-corrected chi connectivity index (χ3v) is 3.35. The lowest BCUT2D eigenvalue weighted by molar-refractivity contribution is -0.140. The van der Waals surface area contributed by atoms with Gasteiger partial charge in [0, 0.05) is 6.54 Å². The molecule has 0 unspecified atom stereocenters. The van der Waals surface area contributed by atoms with E-state index in [1.807, 2.05) is 0 Å². The van der Waals surface area contributed by atoms with Crippen molar-refractivity contribution in [3.63, 3.8) is 0 Å². The number of ether oxygens (including phenoxy) is 1. The molecular weight excluding hydrogens is 228 g/mol. The molecule has 1 aliphatic rings. The van der Waals surface area contributed by atoms with Gasteiger partial charge in [-0.3, -0.25) is 9.59 Å². The molecule has 3 N–H and O–H groups in total. The zero-order chi connectivity index (χ0) is 12.2. The monoisotopic (exact) mass is 244 g/mol. The van der Waals surface area contributed by atoms with Gasteiger partial charge in [-0.25, -0.2) is 0 Å². The van der Waals surface area contributed by atoms with Crippen LogP contribution in [0.15, 0.2) is 0 Å². The van der Waals surface area contributed by atoms with Crippen molar-refractivity contribution in [2.75, 3.05) is 13.7 Å². The molecule has 1 amide bonds. The molecule has 1 fully saturated rings. The van der Waals surface area contributed by atoms with Gasteiger partial charge in [0.05, 0.1) is 23.9 Å². The first-order valence-electron chi connectivity index (χ1n) is 5.18. The van der Waals surface area contributed by atoms with Crippen molar-refractivity contribution in [2.45, 2.75) is 25.7 Å². The van der Waals surface area contributed by atoms with E-state index in [0.29, 0.717) is 12.8 Å². The average Bonchev–Trinajstić information content (AvgIpc) is 2.15. The smallest absolute Gasteiger partial charge is 0.307 e. The molecule has 16 heavy (non-hydrogen) atoms. The molecule has 5 nitrogen and oxygen atoms in total. The van der Waals surface area contributed by atoms with Crippen LogP contribution in [0.1, 0.15) is 25.7 Å². The molecule has 0 atom stereocenters. The highest BCUT2D eigenvalue weighted by molar-refractivity contribution is 7.80. The van der Waals surface area contributed by atoms with Gasteiger partial charge in [0.15, 0.2) is 0 Å². The maximum Gasteiger partial charge on any atom is 0.307 e. The largest absolute Gasteiger partial charge is 0.469 e. The number of nitrogens with one attached hydrogen (secondary N) is 1. The highest BCUT2D eigenvalue weighted by Crippen LogP contribution is 2.41. The fourth-order valence-electron chi connectivity index (χ4n) is 1.67. The first-order chi connectivity index (χ1) is 7.53. The number of amides is 1. The van der Waals surface area contributed by atoms with Gasteiger partial charge < -0.3 is 15.8 Å². The van der Waals surface area contributed by atoms with Gasteiger partial charge in [0.25, 0.3) is 0 Å². The van der Waals surface area contributed by atoms with E-state index in [2.05, 4.69) is 10.1 Å². The van der Waals surface area contributed by atoms with Gasteiger partial charge in [-0.2, -0.15) is 0 Å². The number of nitrogens with two attached hydrogens (primary N) is 1. The van der Waals surface area contributed by atoms with Gasteiger partial charge in [0.1, 0.15) is 0 Å². The van der Waals surface area contributed by atoms with E-state index in [1.165, 1.54) is 7.11 Å². The highest BCUT2D eigenvalue weighted by Gasteiger charge is 2.46. The van der Waals surface area contributed by atoms with Crippen LogP contribution in [0.4, 0.5) is 0 Å². The highest BCUT2D eigenvalue weighted by atomic mass is 32.1. The number of esters is 1. The van der Waals surface area contributed by atoms with Gasteiger partial charge in [-0.05, 0) is 12.8 Å². The second-order valence-electron chi connectivity index (χ2n) is 3.88. The zero-order valence-corrected chi connectivity index (χ0v) is 10.1. The Labute approximate surface area is 99.7 Å². The number of rotatable bonds is 5. The molecule has 0 radical (unpaired) electrons. The number of carbonyl (C=O) groups excluding carboxylic acids is 2. The van der Waals surface area contributed by atoms with E-state index in [-0.39, 0.29) is 29.8 Å². The van der Waals surface area contributed by atoms with Crippen molar-refractivity contribution in [1.82, 2.24) is 5.32 Å². The summed E-state index contributed by atoms with van der Waals surface area (Å²) in [6, 6.07) is 0. The van der Waals surface area contributed by atoms with Crippen LogP contribution in [0.5, 0.6) is 0 Å². The zero-order valence-electron chi connectivity index (χ0n) is 9.25. The molecule has 0 spiro atoms. The Kier molecular flexibility index (Phi) is 4.23. The lowest BCUT2D eigenvalue weighted by atomic mass is 9.68. The van der Waals surface area contributed by atoms with Crippen molar-refractivity contribution in [1.29, 1.82) is 0 Å². The van der Waals surface area contributed by atoms with Crippen LogP contribution in [0, 0.1) is 5.41 Å². The van der Waals surface area contributed by atoms with Crippen molar-refractivity contribution in [3.8, 4) is 0 Å². The van der Waals surface area contributed by atoms with Crippen LogP contribution in [-0.4, -0.2) is 30.5 Å². The number of thiocarbonyl (C=S) groups is 1. The molecule has 0 aromatic carbocycles. The van der Waals surface area contributed by atoms with E-state index in [0.717, 1.165) is 6.42 Å². The van der Waals surface area contributed by atoms with Crippen LogP contribution in [0.3, 0.4) is 0 Å². The Balaban J connectivity index is 2.40. The summed E-state index contributed by atoms with van der Waals surface area (Å²) in [5, 5.41) is 2.66. The minimum absolute atomic E-state index is 0.162. The second-order valence-corrected chi connectivity index (χ2v) is 4.32. The Hall–Kier alpha value is -1.17. The summed E-state index contributed by atoms with van der Waals surface area (Å²) in [5.74, 6) is -0.520. The summed E-state index contributed by atoms with van der Waals surface area (Å²) in [4.78, 5) is 22.9. The van der Waals surface area contributed by atoms with E-state index in [4.69, 9.17) is 18.0 Å². The van der Waals surface area contributed by atoms with Gasteiger partial charge in [-0.1, -0.05) is 18.6 Å². The number of hydrogen-bond donors (Lipinski definition) is 2. The van der Waals surface area contributed by atoms with E-state index >= 15 is 0 Å². The molecule has 0 aliphatic heterocycles. The van der Waals surface area contributed by atoms with Crippen molar-refractivity contribution < 1.29 is 14.3 Å². The van der Waals surface area contributed by atoms with Crippen molar-refractivity contribution in [3.05, 3.63) is 0 Å². The Morgan fingerprint density at radius 2 is 2.12 bits per heavy atom. The Morgan fingerprint density at radius 3 is 2.50 bits per heavy atom. The van der Waals surface area contributed by atoms with Gasteiger partial charge >= 0.3 is 5.97 Å². The summed E-state index contributed by atoms with van der Waals surface area (Å²) in [5.41, 5.74) is 4.90. The quantitative estimate of drug-likeness (QED) is 0.530. The first-order valence-corrected chi connectivity index (χ1v) is 5.59. The lowest BCUT2D eigenvalue weighted by Gasteiger charge is -2.39. The second kappa shape index (κ2) is 5.25. The SMILES string of the molecule is COC(=O)CCNC(=O)C1(C(N)=S)CCC1. The average molecular weight is 244 g/mol. The lowest BCUT2D eigenvalue weighted by Crippen LogP contribution is -2.53. The van der Waals surface area contributed by atoms with E-state index in [9.17, 15) is 9.59 Å². The van der Waals surface area contributed by atoms with Crippen LogP contribution in [0.25, 0.3) is 0 Å². The fourth-order valence-corrected chi connectivity index (χ4v) is 1.96. The van der Waals surface area contributed by atoms with Gasteiger partial charge in [0.2, 0.25) is 5.91 Å². The molecule has 0 bridgehead atoms. The molecule has 1 rings (SSSR count). The minimum atomic E-state index is -0.675. The summed E-state index contributed by atoms with van der Waals surface area (Å²) in [6.45, 7) is 0.260. The standard InChI is InChI=1S/C10H16N2O3S/c1-15-7(13)3-6-12-9(14)10(8(11)16)4-2-5-10/h2-6H2,1H3,(H2,11,16)(H,12,14). The maximum absolute atomic E-state index is 11.8. The Morgan fingerprint density at radius 1 is 1.50 bits per heavy atom. The first kappa shape index (κ1) is 12.9. The van der Waals surface area contributed by atoms with Gasteiger partial charge in [-0.15, -0.1) is 0 Å². The topological polar surface area (TPSA) is 81.4 Å². The summed E-state index contributed by atoms with van der Waals surface area (Å²) in [7, 11) is 1.31. The van der Waals surface area contributed by atoms with E-state index < -0.39 is 5.41 Å². The number of methoxy groups -OCH3 is 1.